The SMILES string of the molecule is C[C@H]1OC(O)(Br)[C@H](OC(=O)c2ccccc2)[C@@H](OC(=O)c2ccccc2)[C@H]1OC(=O)c1ccccc1. The third-order valence-electron chi connectivity index (χ3n) is 5.54. The van der Waals surface area contributed by atoms with Crippen LogP contribution >= 0.6 is 15.9 Å². The van der Waals surface area contributed by atoms with Crippen molar-refractivity contribution in [1.29, 1.82) is 0 Å². The summed E-state index contributed by atoms with van der Waals surface area (Å²) in [5.41, 5.74) is 0.678. The summed E-state index contributed by atoms with van der Waals surface area (Å²) in [5, 5.41) is 11.0. The summed E-state index contributed by atoms with van der Waals surface area (Å²) in [5.74, 6) is -2.27. The van der Waals surface area contributed by atoms with Crippen LogP contribution in [0.4, 0.5) is 0 Å². The lowest BCUT2D eigenvalue weighted by Gasteiger charge is -2.45. The largest absolute Gasteiger partial charge is 0.452 e. The number of aliphatic hydroxyl groups is 1. The molecule has 0 amide bonds. The van der Waals surface area contributed by atoms with E-state index in [1.165, 1.54) is 19.1 Å². The number of halogens is 1. The number of esters is 3. The summed E-state index contributed by atoms with van der Waals surface area (Å²) in [4.78, 5) is 38.7. The van der Waals surface area contributed by atoms with E-state index in [4.69, 9.17) is 18.9 Å². The van der Waals surface area contributed by atoms with Crippen molar-refractivity contribution in [1.82, 2.24) is 0 Å². The van der Waals surface area contributed by atoms with Crippen molar-refractivity contribution in [2.75, 3.05) is 0 Å². The van der Waals surface area contributed by atoms with Gasteiger partial charge in [0.2, 0.25) is 6.10 Å². The van der Waals surface area contributed by atoms with E-state index in [0.717, 1.165) is 0 Å². The van der Waals surface area contributed by atoms with Crippen molar-refractivity contribution >= 4 is 33.8 Å². The Morgan fingerprint density at radius 1 is 0.694 bits per heavy atom. The van der Waals surface area contributed by atoms with Gasteiger partial charge in [-0.3, -0.25) is 0 Å². The second-order valence-corrected chi connectivity index (χ2v) is 9.23. The Morgan fingerprint density at radius 2 is 1.06 bits per heavy atom. The van der Waals surface area contributed by atoms with Gasteiger partial charge in [-0.05, 0) is 59.3 Å². The predicted molar refractivity (Wildman–Crippen MR) is 131 cm³/mol. The molecular formula is C27H23BrO8. The molecule has 1 heterocycles. The van der Waals surface area contributed by atoms with Crippen LogP contribution in [0.25, 0.3) is 0 Å². The maximum atomic E-state index is 13.0. The molecule has 5 atom stereocenters. The molecule has 1 unspecified atom stereocenters. The molecule has 8 nitrogen and oxygen atoms in total. The lowest BCUT2D eigenvalue weighted by molar-refractivity contribution is -0.291. The van der Waals surface area contributed by atoms with Crippen LogP contribution in [0.5, 0.6) is 0 Å². The van der Waals surface area contributed by atoms with Crippen LogP contribution in [0.3, 0.4) is 0 Å². The van der Waals surface area contributed by atoms with Crippen molar-refractivity contribution in [3.05, 3.63) is 108 Å². The third kappa shape index (κ3) is 5.81. The van der Waals surface area contributed by atoms with Gasteiger partial charge in [0.25, 0.3) is 4.70 Å². The molecule has 1 aliphatic heterocycles. The number of carbonyl (C=O) groups excluding carboxylic acids is 3. The van der Waals surface area contributed by atoms with Crippen LogP contribution in [0.1, 0.15) is 38.0 Å². The van der Waals surface area contributed by atoms with Crippen LogP contribution in [0.15, 0.2) is 91.0 Å². The van der Waals surface area contributed by atoms with Crippen LogP contribution < -0.4 is 0 Å². The number of carbonyl (C=O) groups is 3. The molecule has 0 bridgehead atoms. The Bertz CT molecular complexity index is 1200. The van der Waals surface area contributed by atoms with E-state index in [0.29, 0.717) is 0 Å². The van der Waals surface area contributed by atoms with Crippen molar-refractivity contribution in [2.45, 2.75) is 36.0 Å². The summed E-state index contributed by atoms with van der Waals surface area (Å²) in [6.07, 6.45) is -5.20. The number of rotatable bonds is 6. The Morgan fingerprint density at radius 3 is 1.47 bits per heavy atom. The molecule has 36 heavy (non-hydrogen) atoms. The number of benzene rings is 3. The molecule has 0 spiro atoms. The molecule has 3 aromatic carbocycles. The van der Waals surface area contributed by atoms with Gasteiger partial charge in [0.15, 0.2) is 12.2 Å². The van der Waals surface area contributed by atoms with Gasteiger partial charge in [-0.1, -0.05) is 54.6 Å². The molecule has 0 aromatic heterocycles. The summed E-state index contributed by atoms with van der Waals surface area (Å²) < 4.78 is 20.4. The fraction of sp³-hybridized carbons (Fsp3) is 0.222. The first-order valence-corrected chi connectivity index (χ1v) is 11.9. The van der Waals surface area contributed by atoms with Crippen LogP contribution in [-0.4, -0.2) is 52.1 Å². The molecule has 0 aliphatic carbocycles. The molecule has 9 heteroatoms. The lowest BCUT2D eigenvalue weighted by atomic mass is 9.98. The number of alkyl halides is 1. The zero-order valence-corrected chi connectivity index (χ0v) is 20.7. The zero-order valence-electron chi connectivity index (χ0n) is 19.2. The highest BCUT2D eigenvalue weighted by atomic mass is 79.9. The molecule has 1 fully saturated rings. The van der Waals surface area contributed by atoms with E-state index in [2.05, 4.69) is 15.9 Å². The Hall–Kier alpha value is -3.53. The van der Waals surface area contributed by atoms with E-state index in [-0.39, 0.29) is 16.7 Å². The zero-order chi connectivity index (χ0) is 25.7. The average molecular weight is 555 g/mol. The summed E-state index contributed by atoms with van der Waals surface area (Å²) in [7, 11) is 0. The summed E-state index contributed by atoms with van der Waals surface area (Å²) >= 11 is 3.05. The molecule has 186 valence electrons. The molecular weight excluding hydrogens is 532 g/mol. The average Bonchev–Trinajstić information content (AvgIpc) is 2.89. The first kappa shape index (κ1) is 25.6. The normalized spacial score (nSPS) is 25.4. The minimum atomic E-state index is -2.24. The van der Waals surface area contributed by atoms with Gasteiger partial charge in [-0.25, -0.2) is 14.4 Å². The topological polar surface area (TPSA) is 108 Å². The van der Waals surface area contributed by atoms with Gasteiger partial charge in [-0.2, -0.15) is 0 Å². The molecule has 4 rings (SSSR count). The summed E-state index contributed by atoms with van der Waals surface area (Å²) in [6, 6.07) is 24.4. The van der Waals surface area contributed by atoms with Crippen molar-refractivity contribution in [3.8, 4) is 0 Å². The van der Waals surface area contributed by atoms with Crippen LogP contribution in [0.2, 0.25) is 0 Å². The number of hydrogen-bond donors (Lipinski definition) is 1. The van der Waals surface area contributed by atoms with Crippen molar-refractivity contribution in [2.24, 2.45) is 0 Å². The fourth-order valence-electron chi connectivity index (χ4n) is 3.76. The van der Waals surface area contributed by atoms with Gasteiger partial charge >= 0.3 is 17.9 Å². The molecule has 1 saturated heterocycles. The van der Waals surface area contributed by atoms with Gasteiger partial charge in [-0.15, -0.1) is 0 Å². The van der Waals surface area contributed by atoms with Gasteiger partial charge in [0.1, 0.15) is 0 Å². The van der Waals surface area contributed by atoms with E-state index in [1.54, 1.807) is 78.9 Å². The Labute approximate surface area is 215 Å². The quantitative estimate of drug-likeness (QED) is 0.275. The lowest BCUT2D eigenvalue weighted by Crippen LogP contribution is -2.64. The van der Waals surface area contributed by atoms with Crippen LogP contribution in [0, 0.1) is 0 Å². The second kappa shape index (κ2) is 11.0. The predicted octanol–water partition coefficient (Wildman–Crippen LogP) is 4.12. The first-order chi connectivity index (χ1) is 17.3. The minimum Gasteiger partial charge on any atom is -0.452 e. The monoisotopic (exact) mass is 554 g/mol. The number of hydrogen-bond acceptors (Lipinski definition) is 8. The van der Waals surface area contributed by atoms with Crippen molar-refractivity contribution < 1.29 is 38.4 Å². The standard InChI is InChI=1S/C27H23BrO8/c1-17-21(33-24(29)18-11-5-2-6-12-18)22(34-25(30)19-13-7-3-8-14-19)23(27(28,32)36-17)35-26(31)20-15-9-4-10-16-20/h2-17,21-23,32H,1H3/t17-,21+,22+,23-,27?/m1/s1. The summed E-state index contributed by atoms with van der Waals surface area (Å²) in [6.45, 7) is 1.54. The minimum absolute atomic E-state index is 0.199. The van der Waals surface area contributed by atoms with E-state index >= 15 is 0 Å². The highest BCUT2D eigenvalue weighted by molar-refractivity contribution is 9.10. The second-order valence-electron chi connectivity index (χ2n) is 8.10. The van der Waals surface area contributed by atoms with Crippen molar-refractivity contribution in [3.63, 3.8) is 0 Å². The Balaban J connectivity index is 1.67. The molecule has 3 aromatic rings. The number of ether oxygens (including phenoxy) is 4. The van der Waals surface area contributed by atoms with E-state index in [9.17, 15) is 19.5 Å². The Kier molecular flexibility index (Phi) is 7.83. The molecule has 1 aliphatic rings. The van der Waals surface area contributed by atoms with Crippen LogP contribution in [-0.2, 0) is 18.9 Å². The van der Waals surface area contributed by atoms with Gasteiger partial charge in [0, 0.05) is 0 Å². The fourth-order valence-corrected chi connectivity index (χ4v) is 4.41. The highest BCUT2D eigenvalue weighted by Gasteiger charge is 2.58. The third-order valence-corrected chi connectivity index (χ3v) is 6.17. The van der Waals surface area contributed by atoms with E-state index < -0.39 is 47.0 Å². The maximum Gasteiger partial charge on any atom is 0.338 e. The molecule has 0 radical (unpaired) electrons. The van der Waals surface area contributed by atoms with Gasteiger partial charge in [0.05, 0.1) is 22.8 Å². The highest BCUT2D eigenvalue weighted by Crippen LogP contribution is 2.38. The molecule has 1 N–H and O–H groups in total. The van der Waals surface area contributed by atoms with Gasteiger partial charge < -0.3 is 24.1 Å². The van der Waals surface area contributed by atoms with E-state index in [1.807, 2.05) is 0 Å². The smallest absolute Gasteiger partial charge is 0.338 e. The first-order valence-electron chi connectivity index (χ1n) is 11.1. The molecule has 0 saturated carbocycles. The maximum absolute atomic E-state index is 13.0.